The fourth-order valence-corrected chi connectivity index (χ4v) is 8.47. The van der Waals surface area contributed by atoms with E-state index in [-0.39, 0.29) is 29.3 Å². The average molecular weight is 682 g/mol. The summed E-state index contributed by atoms with van der Waals surface area (Å²) in [5, 5.41) is 60.0. The topological polar surface area (TPSA) is 220 Å². The van der Waals surface area contributed by atoms with Crippen molar-refractivity contribution < 1.29 is 49.4 Å². The Balaban J connectivity index is 1.21. The van der Waals surface area contributed by atoms with E-state index in [9.17, 15) is 44.7 Å². The van der Waals surface area contributed by atoms with Crippen LogP contribution < -0.4 is 11.1 Å². The molecule has 4 aliphatic rings. The highest BCUT2D eigenvalue weighted by Gasteiger charge is 2.67. The number of primary amides is 1. The van der Waals surface area contributed by atoms with Crippen molar-refractivity contribution in [3.63, 3.8) is 0 Å². The number of aliphatic hydroxyl groups excluding tert-OH is 3. The molecule has 258 valence electrons. The van der Waals surface area contributed by atoms with Gasteiger partial charge >= 0.3 is 6.09 Å². The molecule has 0 aromatic heterocycles. The van der Waals surface area contributed by atoms with Gasteiger partial charge in [0.05, 0.1) is 29.3 Å². The van der Waals surface area contributed by atoms with Crippen molar-refractivity contribution in [2.75, 3.05) is 26.0 Å². The number of ketones is 2. The highest BCUT2D eigenvalue weighted by molar-refractivity contribution is 6.25. The van der Waals surface area contributed by atoms with Gasteiger partial charge in [-0.2, -0.15) is 0 Å². The number of rotatable bonds is 5. The third-order valence-electron chi connectivity index (χ3n) is 10.7. The van der Waals surface area contributed by atoms with Crippen LogP contribution in [-0.2, 0) is 14.3 Å². The van der Waals surface area contributed by atoms with Gasteiger partial charge in [-0.15, -0.1) is 0 Å². The van der Waals surface area contributed by atoms with Gasteiger partial charge in [0.25, 0.3) is 5.91 Å². The summed E-state index contributed by atoms with van der Waals surface area (Å²) in [7, 11) is 2.93. The van der Waals surface area contributed by atoms with Crippen molar-refractivity contribution >= 4 is 29.3 Å². The number of hydrogen-bond acceptors (Lipinski definition) is 11. The van der Waals surface area contributed by atoms with Crippen LogP contribution >= 0.6 is 0 Å². The third-order valence-corrected chi connectivity index (χ3v) is 10.7. The highest BCUT2D eigenvalue weighted by Crippen LogP contribution is 2.56. The zero-order chi connectivity index (χ0) is 36.0. The van der Waals surface area contributed by atoms with E-state index < -0.39 is 87.5 Å². The summed E-state index contributed by atoms with van der Waals surface area (Å²) < 4.78 is 5.59. The Morgan fingerprint density at radius 2 is 1.54 bits per heavy atom. The number of aliphatic hydroxyl groups is 4. The lowest BCUT2D eigenvalue weighted by Gasteiger charge is -2.53. The van der Waals surface area contributed by atoms with Crippen LogP contribution in [0, 0.1) is 11.8 Å². The number of hydrogen-bond donors (Lipinski definition) is 7. The van der Waals surface area contributed by atoms with E-state index in [4.69, 9.17) is 10.5 Å². The predicted molar refractivity (Wildman–Crippen MR) is 178 cm³/mol. The maximum Gasteiger partial charge on any atom is 0.411 e. The SMILES string of the molecule is CC1c2ccc(NC(=O)OCC3c4ccccc4-c4ccccc43)c(O)c2C(=O)C2=C(O)C3(O)C(=O)C(C(N)=O)=C(O)C(N(C)C)C3C(O)C21. The van der Waals surface area contributed by atoms with Gasteiger partial charge in [0.2, 0.25) is 5.78 Å². The summed E-state index contributed by atoms with van der Waals surface area (Å²) in [6.07, 6.45) is -2.62. The van der Waals surface area contributed by atoms with Gasteiger partial charge in [-0.05, 0) is 53.9 Å². The van der Waals surface area contributed by atoms with Gasteiger partial charge < -0.3 is 36.0 Å². The molecule has 3 aromatic rings. The first-order chi connectivity index (χ1) is 23.7. The van der Waals surface area contributed by atoms with Crippen LogP contribution in [0.5, 0.6) is 5.75 Å². The van der Waals surface area contributed by atoms with E-state index in [2.05, 4.69) is 5.32 Å². The van der Waals surface area contributed by atoms with Crippen molar-refractivity contribution in [3.05, 3.63) is 106 Å². The molecule has 0 saturated carbocycles. The number of carbonyl (C=O) groups is 4. The Bertz CT molecular complexity index is 2040. The molecule has 6 unspecified atom stereocenters. The second kappa shape index (κ2) is 11.5. The minimum Gasteiger partial charge on any atom is -0.510 e. The van der Waals surface area contributed by atoms with Gasteiger partial charge in [-0.25, -0.2) is 4.79 Å². The number of nitrogens with one attached hydrogen (secondary N) is 1. The minimum atomic E-state index is -3.03. The number of fused-ring (bicyclic) bond motifs is 6. The second-order valence-electron chi connectivity index (χ2n) is 13.4. The minimum absolute atomic E-state index is 0.0130. The largest absolute Gasteiger partial charge is 0.510 e. The standard InChI is InChI=1S/C37H35N3O10/c1-15-16-12-13-22(39-36(48)50-14-21-19-10-6-4-8-17(19)18-9-5-7-11-20(18)21)29(41)24(16)30(42)25-23(15)31(43)27-28(40(2)3)32(44)26(35(38)47)34(46)37(27,49)33(25)45/h4-13,15,21,23,27-28,31,41,43-45,49H,14H2,1-3H3,(H2,38,47)(H,39,48). The van der Waals surface area contributed by atoms with Crippen LogP contribution in [0.15, 0.2) is 83.3 Å². The van der Waals surface area contributed by atoms with Crippen LogP contribution in [0.4, 0.5) is 10.5 Å². The number of benzene rings is 3. The number of aromatic hydroxyl groups is 1. The molecule has 0 fully saturated rings. The van der Waals surface area contributed by atoms with Crippen LogP contribution in [0.25, 0.3) is 11.1 Å². The molecule has 0 aliphatic heterocycles. The van der Waals surface area contributed by atoms with E-state index in [0.29, 0.717) is 0 Å². The summed E-state index contributed by atoms with van der Waals surface area (Å²) in [4.78, 5) is 54.4. The molecule has 0 spiro atoms. The number of Topliss-reactive ketones (excluding diaryl/α,β-unsaturated/α-hetero) is 2. The van der Waals surface area contributed by atoms with Crippen molar-refractivity contribution in [2.45, 2.75) is 36.5 Å². The molecule has 2 amide bonds. The smallest absolute Gasteiger partial charge is 0.411 e. The molecule has 0 saturated heterocycles. The van der Waals surface area contributed by atoms with Crippen molar-refractivity contribution in [3.8, 4) is 16.9 Å². The first-order valence-electron chi connectivity index (χ1n) is 16.0. The normalized spacial score (nSPS) is 27.0. The van der Waals surface area contributed by atoms with Crippen LogP contribution in [0.2, 0.25) is 0 Å². The van der Waals surface area contributed by atoms with Crippen molar-refractivity contribution in [1.82, 2.24) is 4.90 Å². The number of ether oxygens (including phenoxy) is 1. The number of anilines is 1. The van der Waals surface area contributed by atoms with Crippen LogP contribution in [0.3, 0.4) is 0 Å². The summed E-state index contributed by atoms with van der Waals surface area (Å²) in [5.74, 6) is -10.3. The molecule has 6 atom stereocenters. The highest BCUT2D eigenvalue weighted by atomic mass is 16.5. The lowest BCUT2D eigenvalue weighted by molar-refractivity contribution is -0.162. The van der Waals surface area contributed by atoms with Crippen LogP contribution in [0.1, 0.15) is 45.8 Å². The first kappa shape index (κ1) is 33.0. The summed E-state index contributed by atoms with van der Waals surface area (Å²) in [5.41, 5.74) is 4.65. The Labute approximate surface area is 285 Å². The lowest BCUT2D eigenvalue weighted by atomic mass is 9.55. The molecule has 8 N–H and O–H groups in total. The maximum atomic E-state index is 14.1. The summed E-state index contributed by atoms with van der Waals surface area (Å²) in [6.45, 7) is 1.61. The van der Waals surface area contributed by atoms with Gasteiger partial charge in [-0.3, -0.25) is 24.6 Å². The van der Waals surface area contributed by atoms with Gasteiger partial charge in [-0.1, -0.05) is 61.5 Å². The second-order valence-corrected chi connectivity index (χ2v) is 13.4. The quantitative estimate of drug-likeness (QED) is 0.153. The number of carbonyl (C=O) groups excluding carboxylic acids is 4. The zero-order valence-corrected chi connectivity index (χ0v) is 27.2. The molecular weight excluding hydrogens is 646 g/mol. The van der Waals surface area contributed by atoms with Gasteiger partial charge in [0.1, 0.15) is 23.7 Å². The molecular formula is C37H35N3O10. The Hall–Kier alpha value is -5.50. The van der Waals surface area contributed by atoms with Crippen molar-refractivity contribution in [2.24, 2.45) is 17.6 Å². The van der Waals surface area contributed by atoms with Crippen molar-refractivity contribution in [1.29, 1.82) is 0 Å². The number of nitrogens with zero attached hydrogens (tertiary/aromatic N) is 1. The molecule has 13 nitrogen and oxygen atoms in total. The third kappa shape index (κ3) is 4.43. The van der Waals surface area contributed by atoms with E-state index in [1.54, 1.807) is 6.92 Å². The van der Waals surface area contributed by atoms with E-state index in [0.717, 1.165) is 22.3 Å². The monoisotopic (exact) mass is 681 g/mol. The summed E-state index contributed by atoms with van der Waals surface area (Å²) >= 11 is 0. The lowest BCUT2D eigenvalue weighted by Crippen LogP contribution is -2.68. The Morgan fingerprint density at radius 1 is 0.940 bits per heavy atom. The molecule has 50 heavy (non-hydrogen) atoms. The number of likely N-dealkylation sites (N-methyl/N-ethyl adjacent to an activating group) is 1. The number of phenolic OH excluding ortho intramolecular Hbond substituents is 1. The maximum absolute atomic E-state index is 14.1. The fraction of sp³-hybridized carbons (Fsp3) is 0.297. The number of nitrogens with two attached hydrogens (primary N) is 1. The van der Waals surface area contributed by atoms with Gasteiger partial charge in [0, 0.05) is 17.4 Å². The molecule has 7 rings (SSSR count). The Morgan fingerprint density at radius 3 is 2.12 bits per heavy atom. The number of phenols is 1. The van der Waals surface area contributed by atoms with E-state index >= 15 is 0 Å². The summed E-state index contributed by atoms with van der Waals surface area (Å²) in [6, 6.07) is 17.1. The Kier molecular flexibility index (Phi) is 7.62. The van der Waals surface area contributed by atoms with E-state index in [1.165, 1.54) is 31.1 Å². The van der Waals surface area contributed by atoms with Crippen LogP contribution in [-0.4, -0.2) is 92.4 Å². The molecule has 0 radical (unpaired) electrons. The first-order valence-corrected chi connectivity index (χ1v) is 16.0. The van der Waals surface area contributed by atoms with Gasteiger partial charge in [0.15, 0.2) is 17.1 Å². The fourth-order valence-electron chi connectivity index (χ4n) is 8.47. The molecule has 13 heteroatoms. The number of amides is 2. The molecule has 4 aliphatic carbocycles. The molecule has 3 aromatic carbocycles. The average Bonchev–Trinajstić information content (AvgIpc) is 3.39. The predicted octanol–water partition coefficient (Wildman–Crippen LogP) is 3.01. The zero-order valence-electron chi connectivity index (χ0n) is 27.2. The van der Waals surface area contributed by atoms with E-state index in [1.807, 2.05) is 48.5 Å². The molecule has 0 bridgehead atoms. The molecule has 0 heterocycles.